The summed E-state index contributed by atoms with van der Waals surface area (Å²) in [4.78, 5) is 0. The molecule has 0 heterocycles. The minimum absolute atomic E-state index is 1.09. The third-order valence-corrected chi connectivity index (χ3v) is 3.14. The predicted octanol–water partition coefficient (Wildman–Crippen LogP) is 4.35. The molecule has 15 heavy (non-hydrogen) atoms. The summed E-state index contributed by atoms with van der Waals surface area (Å²) in [6.45, 7) is 8.80. The van der Waals surface area contributed by atoms with Gasteiger partial charge in [0.2, 0.25) is 0 Å². The maximum Gasteiger partial charge on any atom is -0.00855 e. The van der Waals surface area contributed by atoms with Gasteiger partial charge >= 0.3 is 0 Å². The molecule has 0 saturated carbocycles. The third kappa shape index (κ3) is 1.77. The van der Waals surface area contributed by atoms with E-state index in [2.05, 4.69) is 52.0 Å². The SMILES string of the molecule is CC1=C(c2c(C)cc(C)cc2C)CC=C1. The summed E-state index contributed by atoms with van der Waals surface area (Å²) in [5, 5.41) is 0. The fourth-order valence-corrected chi connectivity index (χ4v) is 2.57. The largest absolute Gasteiger partial charge is 0.0798 e. The molecular weight excluding hydrogens is 180 g/mol. The van der Waals surface area contributed by atoms with Crippen molar-refractivity contribution in [1.82, 2.24) is 0 Å². The Morgan fingerprint density at radius 2 is 1.53 bits per heavy atom. The van der Waals surface area contributed by atoms with E-state index in [1.54, 1.807) is 0 Å². The Morgan fingerprint density at radius 1 is 0.933 bits per heavy atom. The van der Waals surface area contributed by atoms with Crippen molar-refractivity contribution in [2.24, 2.45) is 0 Å². The van der Waals surface area contributed by atoms with Crippen LogP contribution in [0.1, 0.15) is 35.6 Å². The van der Waals surface area contributed by atoms with Crippen LogP contribution < -0.4 is 0 Å². The van der Waals surface area contributed by atoms with Gasteiger partial charge < -0.3 is 0 Å². The van der Waals surface area contributed by atoms with Gasteiger partial charge in [-0.1, -0.05) is 29.8 Å². The van der Waals surface area contributed by atoms with E-state index in [4.69, 9.17) is 0 Å². The van der Waals surface area contributed by atoms with Gasteiger partial charge in [-0.05, 0) is 62.0 Å². The van der Waals surface area contributed by atoms with Gasteiger partial charge in [-0.3, -0.25) is 0 Å². The van der Waals surface area contributed by atoms with Crippen molar-refractivity contribution >= 4 is 5.57 Å². The molecule has 0 radical (unpaired) electrons. The number of hydrogen-bond acceptors (Lipinski definition) is 0. The van der Waals surface area contributed by atoms with E-state index in [1.807, 2.05) is 0 Å². The summed E-state index contributed by atoms with van der Waals surface area (Å²) in [6.07, 6.45) is 5.58. The first-order valence-corrected chi connectivity index (χ1v) is 5.54. The topological polar surface area (TPSA) is 0 Å². The summed E-state index contributed by atoms with van der Waals surface area (Å²) in [7, 11) is 0. The van der Waals surface area contributed by atoms with Gasteiger partial charge in [-0.15, -0.1) is 0 Å². The van der Waals surface area contributed by atoms with Crippen molar-refractivity contribution in [3.05, 3.63) is 52.1 Å². The highest BCUT2D eigenvalue weighted by Crippen LogP contribution is 2.33. The first-order valence-electron chi connectivity index (χ1n) is 5.54. The van der Waals surface area contributed by atoms with Crippen LogP contribution in [0, 0.1) is 20.8 Å². The van der Waals surface area contributed by atoms with Gasteiger partial charge in [-0.25, -0.2) is 0 Å². The van der Waals surface area contributed by atoms with Crippen LogP contribution in [-0.2, 0) is 0 Å². The quantitative estimate of drug-likeness (QED) is 0.629. The Bertz CT molecular complexity index is 436. The average Bonchev–Trinajstić information content (AvgIpc) is 2.50. The number of aryl methyl sites for hydroxylation is 3. The lowest BCUT2D eigenvalue weighted by molar-refractivity contribution is 1.26. The molecule has 0 spiro atoms. The van der Waals surface area contributed by atoms with Gasteiger partial charge in [0.25, 0.3) is 0 Å². The molecule has 0 fully saturated rings. The lowest BCUT2D eigenvalue weighted by Gasteiger charge is -2.13. The minimum Gasteiger partial charge on any atom is -0.0798 e. The molecule has 1 aromatic carbocycles. The Labute approximate surface area is 92.3 Å². The van der Waals surface area contributed by atoms with Crippen molar-refractivity contribution < 1.29 is 0 Å². The molecular formula is C15H18. The zero-order chi connectivity index (χ0) is 11.0. The number of hydrogen-bond donors (Lipinski definition) is 0. The second-order valence-electron chi connectivity index (χ2n) is 4.54. The van der Waals surface area contributed by atoms with Crippen LogP contribution in [0.25, 0.3) is 5.57 Å². The molecule has 0 N–H and O–H groups in total. The Kier molecular flexibility index (Phi) is 2.52. The molecule has 1 aliphatic carbocycles. The average molecular weight is 198 g/mol. The Morgan fingerprint density at radius 3 is 2.00 bits per heavy atom. The fraction of sp³-hybridized carbons (Fsp3) is 0.333. The summed E-state index contributed by atoms with van der Waals surface area (Å²) in [5.74, 6) is 0. The molecule has 0 heteroatoms. The number of rotatable bonds is 1. The number of benzene rings is 1. The second kappa shape index (κ2) is 3.69. The molecule has 1 aliphatic rings. The fourth-order valence-electron chi connectivity index (χ4n) is 2.57. The highest BCUT2D eigenvalue weighted by Gasteiger charge is 2.12. The van der Waals surface area contributed by atoms with Crippen molar-refractivity contribution in [1.29, 1.82) is 0 Å². The molecule has 0 amide bonds. The van der Waals surface area contributed by atoms with Gasteiger partial charge in [0.1, 0.15) is 0 Å². The first-order chi connectivity index (χ1) is 7.09. The van der Waals surface area contributed by atoms with Crippen molar-refractivity contribution in [2.75, 3.05) is 0 Å². The predicted molar refractivity (Wildman–Crippen MR) is 67.0 cm³/mol. The molecule has 0 unspecified atom stereocenters. The molecule has 0 bridgehead atoms. The molecule has 2 rings (SSSR count). The lowest BCUT2D eigenvalue weighted by Crippen LogP contribution is -1.94. The van der Waals surface area contributed by atoms with Crippen LogP contribution in [0.15, 0.2) is 29.9 Å². The minimum atomic E-state index is 1.09. The van der Waals surface area contributed by atoms with Gasteiger partial charge in [0.05, 0.1) is 0 Å². The monoisotopic (exact) mass is 198 g/mol. The van der Waals surface area contributed by atoms with E-state index in [0.717, 1.165) is 6.42 Å². The van der Waals surface area contributed by atoms with Gasteiger partial charge in [0.15, 0.2) is 0 Å². The maximum atomic E-state index is 2.28. The Balaban J connectivity index is 2.59. The van der Waals surface area contributed by atoms with Crippen molar-refractivity contribution in [2.45, 2.75) is 34.1 Å². The highest BCUT2D eigenvalue weighted by molar-refractivity contribution is 5.78. The van der Waals surface area contributed by atoms with Crippen LogP contribution in [-0.4, -0.2) is 0 Å². The second-order valence-corrected chi connectivity index (χ2v) is 4.54. The van der Waals surface area contributed by atoms with Crippen LogP contribution in [0.4, 0.5) is 0 Å². The van der Waals surface area contributed by atoms with Crippen LogP contribution in [0.2, 0.25) is 0 Å². The van der Waals surface area contributed by atoms with Crippen molar-refractivity contribution in [3.63, 3.8) is 0 Å². The van der Waals surface area contributed by atoms with Crippen LogP contribution in [0.3, 0.4) is 0 Å². The first kappa shape index (κ1) is 10.2. The highest BCUT2D eigenvalue weighted by atomic mass is 14.2. The number of allylic oxidation sites excluding steroid dienone is 4. The zero-order valence-corrected chi connectivity index (χ0v) is 10.0. The van der Waals surface area contributed by atoms with E-state index < -0.39 is 0 Å². The van der Waals surface area contributed by atoms with Crippen LogP contribution in [0.5, 0.6) is 0 Å². The molecule has 0 atom stereocenters. The van der Waals surface area contributed by atoms with E-state index in [-0.39, 0.29) is 0 Å². The smallest absolute Gasteiger partial charge is 0.00855 e. The molecule has 0 aliphatic heterocycles. The van der Waals surface area contributed by atoms with Crippen LogP contribution >= 0.6 is 0 Å². The maximum absolute atomic E-state index is 2.28. The molecule has 0 nitrogen and oxygen atoms in total. The lowest BCUT2D eigenvalue weighted by atomic mass is 9.91. The normalized spacial score (nSPS) is 15.2. The summed E-state index contributed by atoms with van der Waals surface area (Å²) in [6, 6.07) is 4.56. The van der Waals surface area contributed by atoms with E-state index in [9.17, 15) is 0 Å². The summed E-state index contributed by atoms with van der Waals surface area (Å²) >= 11 is 0. The Hall–Kier alpha value is -1.30. The zero-order valence-electron chi connectivity index (χ0n) is 10.0. The van der Waals surface area contributed by atoms with Crippen molar-refractivity contribution in [3.8, 4) is 0 Å². The van der Waals surface area contributed by atoms with E-state index in [1.165, 1.54) is 33.4 Å². The van der Waals surface area contributed by atoms with E-state index >= 15 is 0 Å². The van der Waals surface area contributed by atoms with Gasteiger partial charge in [-0.2, -0.15) is 0 Å². The molecule has 0 saturated heterocycles. The summed E-state index contributed by atoms with van der Waals surface area (Å²) in [5.41, 5.74) is 8.56. The molecule has 78 valence electrons. The van der Waals surface area contributed by atoms with Gasteiger partial charge in [0, 0.05) is 0 Å². The molecule has 1 aromatic rings. The third-order valence-electron chi connectivity index (χ3n) is 3.14. The summed E-state index contributed by atoms with van der Waals surface area (Å²) < 4.78 is 0. The standard InChI is InChI=1S/C15H18/c1-10-8-12(3)15(13(4)9-10)14-7-5-6-11(14)2/h5-6,8-9H,7H2,1-4H3. The van der Waals surface area contributed by atoms with E-state index in [0.29, 0.717) is 0 Å². The molecule has 0 aromatic heterocycles.